The Labute approximate surface area is 279 Å². The normalized spacial score (nSPS) is 13.1. The fourth-order valence-corrected chi connectivity index (χ4v) is 8.06. The second-order valence-corrected chi connectivity index (χ2v) is 13.8. The van der Waals surface area contributed by atoms with E-state index in [0.29, 0.717) is 32.1 Å². The van der Waals surface area contributed by atoms with Crippen molar-refractivity contribution < 1.29 is 23.4 Å². The Balaban J connectivity index is 1.56. The van der Waals surface area contributed by atoms with Crippen LogP contribution in [-0.4, -0.2) is 47.8 Å². The van der Waals surface area contributed by atoms with Crippen molar-refractivity contribution in [1.29, 1.82) is 5.41 Å². The molecule has 4 N–H and O–H groups in total. The number of allylic oxidation sites excluding steroid dienone is 1. The molecular formula is C33H31N6O5PS2. The van der Waals surface area contributed by atoms with Gasteiger partial charge in [-0.1, -0.05) is 53.4 Å². The Bertz CT molecular complexity index is 1970. The molecule has 2 atom stereocenters. The minimum Gasteiger partial charge on any atom is -0.468 e. The van der Waals surface area contributed by atoms with Gasteiger partial charge in [0.25, 0.3) is 11.1 Å². The van der Waals surface area contributed by atoms with Gasteiger partial charge in [0.2, 0.25) is 0 Å². The summed E-state index contributed by atoms with van der Waals surface area (Å²) in [5.41, 5.74) is 2.56. The third-order valence-corrected chi connectivity index (χ3v) is 10.4. The highest BCUT2D eigenvalue weighted by molar-refractivity contribution is 7.99. The zero-order valence-corrected chi connectivity index (χ0v) is 28.1. The third-order valence-electron chi connectivity index (χ3n) is 6.64. The predicted molar refractivity (Wildman–Crippen MR) is 187 cm³/mol. The van der Waals surface area contributed by atoms with Gasteiger partial charge in [0.05, 0.1) is 40.0 Å². The van der Waals surface area contributed by atoms with E-state index in [2.05, 4.69) is 25.5 Å². The summed E-state index contributed by atoms with van der Waals surface area (Å²) in [7, 11) is -1.38. The fourth-order valence-electron chi connectivity index (χ4n) is 4.38. The minimum atomic E-state index is -4.18. The highest BCUT2D eigenvalue weighted by Gasteiger charge is 2.33. The largest absolute Gasteiger partial charge is 0.468 e. The predicted octanol–water partition coefficient (Wildman–Crippen LogP) is 7.03. The molecule has 5 aromatic rings. The molecule has 47 heavy (non-hydrogen) atoms. The maximum atomic E-state index is 14.6. The molecule has 5 rings (SSSR count). The Morgan fingerprint density at radius 2 is 1.79 bits per heavy atom. The lowest BCUT2D eigenvalue weighted by Gasteiger charge is -2.24. The molecule has 0 aliphatic carbocycles. The number of para-hydroxylation sites is 1. The molecule has 11 nitrogen and oxygen atoms in total. The molecule has 1 amide bonds. The summed E-state index contributed by atoms with van der Waals surface area (Å²) in [4.78, 5) is 35.1. The number of hydrogen-bond acceptors (Lipinski definition) is 10. The van der Waals surface area contributed by atoms with Gasteiger partial charge in [-0.05, 0) is 73.7 Å². The van der Waals surface area contributed by atoms with Gasteiger partial charge in [0.15, 0.2) is 0 Å². The van der Waals surface area contributed by atoms with Crippen LogP contribution in [-0.2, 0) is 14.1 Å². The highest BCUT2D eigenvalue weighted by Crippen LogP contribution is 2.47. The first-order valence-corrected chi connectivity index (χ1v) is 17.5. The van der Waals surface area contributed by atoms with E-state index >= 15 is 0 Å². The molecule has 2 heterocycles. The summed E-state index contributed by atoms with van der Waals surface area (Å²) < 4.78 is 26.3. The van der Waals surface area contributed by atoms with Gasteiger partial charge in [-0.3, -0.25) is 19.7 Å². The molecule has 0 fully saturated rings. The average molecular weight is 687 g/mol. The van der Waals surface area contributed by atoms with Gasteiger partial charge in [-0.15, -0.1) is 0 Å². The molecule has 0 spiro atoms. The van der Waals surface area contributed by atoms with E-state index < -0.39 is 19.7 Å². The van der Waals surface area contributed by atoms with E-state index in [4.69, 9.17) is 14.7 Å². The van der Waals surface area contributed by atoms with Gasteiger partial charge in [0, 0.05) is 28.6 Å². The molecule has 0 saturated carbocycles. The second kappa shape index (κ2) is 15.2. The third kappa shape index (κ3) is 8.52. The summed E-state index contributed by atoms with van der Waals surface area (Å²) in [5, 5.41) is 17.4. The number of hydrogen-bond donors (Lipinski definition) is 4. The number of fused-ring (bicyclic) bond motifs is 1. The van der Waals surface area contributed by atoms with Crippen LogP contribution in [0.5, 0.6) is 5.19 Å². The van der Waals surface area contributed by atoms with Gasteiger partial charge in [0.1, 0.15) is 6.04 Å². The first kappa shape index (κ1) is 33.6. The Morgan fingerprint density at radius 3 is 2.53 bits per heavy atom. The number of nitrogens with one attached hydrogen (secondary N) is 4. The lowest BCUT2D eigenvalue weighted by Crippen LogP contribution is -2.36. The van der Waals surface area contributed by atoms with Crippen molar-refractivity contribution in [2.24, 2.45) is 0 Å². The summed E-state index contributed by atoms with van der Waals surface area (Å²) in [6, 6.07) is 24.2. The number of anilines is 1. The standard InChI is InChI=1S/C33H31N6O5PS2/c1-21(32(41)43-3)38-45(42,44-33-37-27-12-5-7-14-30(27)47-33)39-28-20-23(46-29-13-6-4-11-25(29)31(40)35-2)16-17-24(28)26(34)18-15-22-10-8-9-19-36-22/h4-21,34H,1-3H3,(H,35,40)(H2,38,39,42)/b18-15+,34-26?. The van der Waals surface area contributed by atoms with Crippen LogP contribution >= 0.6 is 30.8 Å². The number of esters is 1. The molecule has 2 aromatic heterocycles. The summed E-state index contributed by atoms with van der Waals surface area (Å²) in [5.74, 6) is -0.888. The van der Waals surface area contributed by atoms with E-state index in [0.717, 1.165) is 4.70 Å². The smallest absolute Gasteiger partial charge is 0.419 e. The van der Waals surface area contributed by atoms with Crippen molar-refractivity contribution in [3.8, 4) is 5.19 Å². The summed E-state index contributed by atoms with van der Waals surface area (Å²) in [6.45, 7) is 1.50. The number of ether oxygens (including phenoxy) is 1. The zero-order valence-electron chi connectivity index (χ0n) is 25.6. The zero-order chi connectivity index (χ0) is 33.4. The molecule has 0 aliphatic rings. The summed E-state index contributed by atoms with van der Waals surface area (Å²) >= 11 is 2.52. The monoisotopic (exact) mass is 686 g/mol. The van der Waals surface area contributed by atoms with Crippen LogP contribution in [0.15, 0.2) is 107 Å². The van der Waals surface area contributed by atoms with Crippen LogP contribution in [0.4, 0.5) is 5.69 Å². The number of methoxy groups -OCH3 is 1. The lowest BCUT2D eigenvalue weighted by atomic mass is 10.1. The van der Waals surface area contributed by atoms with E-state index in [1.165, 1.54) is 37.1 Å². The highest BCUT2D eigenvalue weighted by atomic mass is 32.2. The first-order chi connectivity index (χ1) is 22.7. The molecule has 0 aliphatic heterocycles. The molecule has 2 unspecified atom stereocenters. The van der Waals surface area contributed by atoms with Crippen LogP contribution in [0.1, 0.15) is 28.5 Å². The van der Waals surface area contributed by atoms with Gasteiger partial charge in [-0.25, -0.2) is 14.6 Å². The summed E-state index contributed by atoms with van der Waals surface area (Å²) in [6.07, 6.45) is 4.94. The fraction of sp³-hybridized carbons (Fsp3) is 0.121. The SMILES string of the molecule is CNC(=O)c1ccccc1Sc1ccc(C(=N)/C=C/c2ccccn2)c(NP(=O)(NC(C)C(=O)OC)Oc2nc3ccccc3s2)c1. The Morgan fingerprint density at radius 1 is 1.02 bits per heavy atom. The van der Waals surface area contributed by atoms with Crippen LogP contribution in [0, 0.1) is 5.41 Å². The van der Waals surface area contributed by atoms with E-state index in [-0.39, 0.29) is 22.5 Å². The van der Waals surface area contributed by atoms with Gasteiger partial charge in [-0.2, -0.15) is 0 Å². The van der Waals surface area contributed by atoms with Crippen LogP contribution in [0.25, 0.3) is 16.3 Å². The number of nitrogens with zero attached hydrogens (tertiary/aromatic N) is 2. The number of thiazole rings is 1. The van der Waals surface area contributed by atoms with E-state index in [1.807, 2.05) is 48.5 Å². The lowest BCUT2D eigenvalue weighted by molar-refractivity contribution is -0.142. The van der Waals surface area contributed by atoms with Crippen molar-refractivity contribution in [2.75, 3.05) is 19.2 Å². The van der Waals surface area contributed by atoms with Crippen molar-refractivity contribution in [3.05, 3.63) is 114 Å². The maximum Gasteiger partial charge on any atom is 0.419 e. The molecule has 3 aromatic carbocycles. The quantitative estimate of drug-likeness (QED) is 0.0576. The maximum absolute atomic E-state index is 14.6. The minimum absolute atomic E-state index is 0.0908. The van der Waals surface area contributed by atoms with Crippen molar-refractivity contribution in [3.63, 3.8) is 0 Å². The number of carbonyl (C=O) groups is 2. The number of carbonyl (C=O) groups excluding carboxylic acids is 2. The number of rotatable bonds is 13. The van der Waals surface area contributed by atoms with Crippen molar-refractivity contribution in [1.82, 2.24) is 20.4 Å². The van der Waals surface area contributed by atoms with Gasteiger partial charge >= 0.3 is 13.6 Å². The molecule has 14 heteroatoms. The molecule has 0 radical (unpaired) electrons. The topological polar surface area (TPSA) is 155 Å². The van der Waals surface area contributed by atoms with Crippen molar-refractivity contribution in [2.45, 2.75) is 22.8 Å². The first-order valence-electron chi connectivity index (χ1n) is 14.3. The molecule has 0 bridgehead atoms. The molecule has 240 valence electrons. The van der Waals surface area contributed by atoms with Crippen molar-refractivity contribution >= 4 is 70.3 Å². The van der Waals surface area contributed by atoms with Crippen LogP contribution in [0.3, 0.4) is 0 Å². The number of amides is 1. The number of pyridine rings is 1. The molecule has 0 saturated heterocycles. The van der Waals surface area contributed by atoms with E-state index in [1.54, 1.807) is 61.8 Å². The average Bonchev–Trinajstić information content (AvgIpc) is 3.49. The van der Waals surface area contributed by atoms with Crippen LogP contribution in [0.2, 0.25) is 0 Å². The Kier molecular flexibility index (Phi) is 10.8. The van der Waals surface area contributed by atoms with E-state index in [9.17, 15) is 14.2 Å². The number of aromatic nitrogens is 2. The molecular weight excluding hydrogens is 656 g/mol. The van der Waals surface area contributed by atoms with Crippen LogP contribution < -0.4 is 20.0 Å². The second-order valence-electron chi connectivity index (χ2n) is 9.96. The van der Waals surface area contributed by atoms with Gasteiger partial charge < -0.3 is 20.0 Å². The number of benzene rings is 3. The Hall–Kier alpha value is -4.81.